The summed E-state index contributed by atoms with van der Waals surface area (Å²) in [7, 11) is 1.58. The average Bonchev–Trinajstić information content (AvgIpc) is 3.16. The number of rotatable bonds is 3. The molecule has 0 saturated carbocycles. The summed E-state index contributed by atoms with van der Waals surface area (Å²) in [6.45, 7) is 0. The molecule has 4 rings (SSSR count). The van der Waals surface area contributed by atoms with Gasteiger partial charge in [0.2, 0.25) is 0 Å². The molecule has 0 fully saturated rings. The zero-order valence-corrected chi connectivity index (χ0v) is 15.4. The van der Waals surface area contributed by atoms with Crippen molar-refractivity contribution < 1.29 is 18.0 Å². The Balaban J connectivity index is 1.69. The van der Waals surface area contributed by atoms with Crippen molar-refractivity contribution in [3.63, 3.8) is 0 Å². The maximum atomic E-state index is 12.8. The van der Waals surface area contributed by atoms with Crippen molar-refractivity contribution >= 4 is 11.4 Å². The van der Waals surface area contributed by atoms with Crippen LogP contribution in [0.4, 0.5) is 13.2 Å². The molecule has 0 spiro atoms. The summed E-state index contributed by atoms with van der Waals surface area (Å²) in [4.78, 5) is 11.9. The Bertz CT molecular complexity index is 1190. The molecule has 1 N–H and O–H groups in total. The zero-order chi connectivity index (χ0) is 20.6. The first-order valence-electron chi connectivity index (χ1n) is 8.85. The molecule has 0 atom stereocenters. The highest BCUT2D eigenvalue weighted by Crippen LogP contribution is 2.31. The Morgan fingerprint density at radius 1 is 0.931 bits per heavy atom. The fourth-order valence-electron chi connectivity index (χ4n) is 3.13. The number of fused-ring (bicyclic) bond motifs is 1. The van der Waals surface area contributed by atoms with E-state index in [1.165, 1.54) is 12.1 Å². The van der Waals surface area contributed by atoms with Gasteiger partial charge in [0.05, 0.1) is 16.8 Å². The minimum Gasteiger partial charge on any atom is -0.355 e. The predicted octanol–water partition coefficient (Wildman–Crippen LogP) is 5.05. The quantitative estimate of drug-likeness (QED) is 0.528. The van der Waals surface area contributed by atoms with Gasteiger partial charge in [0.1, 0.15) is 0 Å². The Morgan fingerprint density at radius 2 is 1.66 bits per heavy atom. The number of hydrogen-bond donors (Lipinski definition) is 1. The standard InChI is InChI=1S/C22H16F3N3O/c1-26-21(29)17-4-2-3-15(11-17)16-9-10-28-19(12-16)13-20(27-28)14-5-7-18(8-6-14)22(23,24)25/h2-13H,1H3,(H,26,29). The van der Waals surface area contributed by atoms with Crippen LogP contribution in [0.5, 0.6) is 0 Å². The molecule has 0 aliphatic heterocycles. The van der Waals surface area contributed by atoms with Crippen molar-refractivity contribution in [2.24, 2.45) is 0 Å². The van der Waals surface area contributed by atoms with Crippen molar-refractivity contribution in [2.45, 2.75) is 6.18 Å². The van der Waals surface area contributed by atoms with Gasteiger partial charge in [0.25, 0.3) is 5.91 Å². The van der Waals surface area contributed by atoms with Gasteiger partial charge >= 0.3 is 6.18 Å². The second-order valence-corrected chi connectivity index (χ2v) is 6.55. The number of benzene rings is 2. The Morgan fingerprint density at radius 3 is 2.34 bits per heavy atom. The minimum atomic E-state index is -4.37. The van der Waals surface area contributed by atoms with E-state index in [2.05, 4.69) is 10.4 Å². The third-order valence-corrected chi connectivity index (χ3v) is 4.66. The van der Waals surface area contributed by atoms with E-state index in [1.54, 1.807) is 29.9 Å². The number of nitrogens with one attached hydrogen (secondary N) is 1. The fourth-order valence-corrected chi connectivity index (χ4v) is 3.13. The van der Waals surface area contributed by atoms with Gasteiger partial charge in [-0.3, -0.25) is 4.79 Å². The highest BCUT2D eigenvalue weighted by atomic mass is 19.4. The lowest BCUT2D eigenvalue weighted by Crippen LogP contribution is -2.17. The topological polar surface area (TPSA) is 46.4 Å². The predicted molar refractivity (Wildman–Crippen MR) is 104 cm³/mol. The first kappa shape index (κ1) is 18.7. The van der Waals surface area contributed by atoms with Gasteiger partial charge < -0.3 is 5.32 Å². The number of amides is 1. The highest BCUT2D eigenvalue weighted by Gasteiger charge is 2.30. The van der Waals surface area contributed by atoms with Gasteiger partial charge in [-0.1, -0.05) is 24.3 Å². The Hall–Kier alpha value is -3.61. The van der Waals surface area contributed by atoms with Crippen LogP contribution in [0.2, 0.25) is 0 Å². The van der Waals surface area contributed by atoms with Gasteiger partial charge in [-0.25, -0.2) is 4.52 Å². The van der Waals surface area contributed by atoms with E-state index >= 15 is 0 Å². The van der Waals surface area contributed by atoms with Crippen molar-refractivity contribution in [3.05, 3.63) is 84.1 Å². The lowest BCUT2D eigenvalue weighted by molar-refractivity contribution is -0.137. The summed E-state index contributed by atoms with van der Waals surface area (Å²) < 4.78 is 39.9. The van der Waals surface area contributed by atoms with Crippen molar-refractivity contribution in [1.82, 2.24) is 14.9 Å². The number of nitrogens with zero attached hydrogens (tertiary/aromatic N) is 2. The molecule has 29 heavy (non-hydrogen) atoms. The van der Waals surface area contributed by atoms with Gasteiger partial charge in [-0.2, -0.15) is 18.3 Å². The second-order valence-electron chi connectivity index (χ2n) is 6.55. The first-order valence-corrected chi connectivity index (χ1v) is 8.85. The van der Waals surface area contributed by atoms with Crippen molar-refractivity contribution in [2.75, 3.05) is 7.05 Å². The molecule has 2 aromatic carbocycles. The maximum absolute atomic E-state index is 12.8. The molecule has 146 valence electrons. The third-order valence-electron chi connectivity index (χ3n) is 4.66. The van der Waals surface area contributed by atoms with Crippen LogP contribution in [0, 0.1) is 0 Å². The molecule has 7 heteroatoms. The molecule has 4 aromatic rings. The first-order chi connectivity index (χ1) is 13.8. The van der Waals surface area contributed by atoms with Gasteiger partial charge in [0.15, 0.2) is 0 Å². The Labute approximate surface area is 164 Å². The molecular weight excluding hydrogens is 379 g/mol. The van der Waals surface area contributed by atoms with Gasteiger partial charge in [-0.15, -0.1) is 0 Å². The molecule has 2 heterocycles. The van der Waals surface area contributed by atoms with Crippen molar-refractivity contribution in [1.29, 1.82) is 0 Å². The lowest BCUT2D eigenvalue weighted by atomic mass is 10.0. The summed E-state index contributed by atoms with van der Waals surface area (Å²) in [6.07, 6.45) is -2.58. The van der Waals surface area contributed by atoms with E-state index in [4.69, 9.17) is 0 Å². The van der Waals surface area contributed by atoms with Crippen LogP contribution >= 0.6 is 0 Å². The minimum absolute atomic E-state index is 0.165. The summed E-state index contributed by atoms with van der Waals surface area (Å²) in [5, 5.41) is 7.04. The molecule has 1 amide bonds. The van der Waals surface area contributed by atoms with Crippen LogP contribution in [-0.2, 0) is 6.18 Å². The number of hydrogen-bond acceptors (Lipinski definition) is 2. The monoisotopic (exact) mass is 395 g/mol. The van der Waals surface area contributed by atoms with E-state index in [0.29, 0.717) is 16.8 Å². The van der Waals surface area contributed by atoms with Gasteiger partial charge in [-0.05, 0) is 53.6 Å². The molecule has 2 aromatic heterocycles. The fraction of sp³-hybridized carbons (Fsp3) is 0.0909. The number of aromatic nitrogens is 2. The molecule has 0 aliphatic rings. The number of pyridine rings is 1. The normalized spacial score (nSPS) is 11.6. The second kappa shape index (κ2) is 7.09. The largest absolute Gasteiger partial charge is 0.416 e. The average molecular weight is 395 g/mol. The number of carbonyl (C=O) groups excluding carboxylic acids is 1. The van der Waals surface area contributed by atoms with Crippen LogP contribution in [0.1, 0.15) is 15.9 Å². The summed E-state index contributed by atoms with van der Waals surface area (Å²) in [6, 6.07) is 17.8. The summed E-state index contributed by atoms with van der Waals surface area (Å²) in [5.74, 6) is -0.165. The summed E-state index contributed by atoms with van der Waals surface area (Å²) >= 11 is 0. The van der Waals surface area contributed by atoms with Crippen LogP contribution in [0.3, 0.4) is 0 Å². The smallest absolute Gasteiger partial charge is 0.355 e. The molecule has 0 bridgehead atoms. The van der Waals surface area contributed by atoms with Crippen LogP contribution < -0.4 is 5.32 Å². The lowest BCUT2D eigenvalue weighted by Gasteiger charge is -2.06. The van der Waals surface area contributed by atoms with Gasteiger partial charge in [0, 0.05) is 24.4 Å². The maximum Gasteiger partial charge on any atom is 0.416 e. The molecule has 0 saturated heterocycles. The molecular formula is C22H16F3N3O. The number of alkyl halides is 3. The highest BCUT2D eigenvalue weighted by molar-refractivity contribution is 5.95. The van der Waals surface area contributed by atoms with Crippen LogP contribution in [-0.4, -0.2) is 22.6 Å². The number of carbonyl (C=O) groups is 1. The van der Waals surface area contributed by atoms with Crippen molar-refractivity contribution in [3.8, 4) is 22.4 Å². The van der Waals surface area contributed by atoms with E-state index < -0.39 is 11.7 Å². The number of halogens is 3. The van der Waals surface area contributed by atoms with E-state index in [1.807, 2.05) is 30.3 Å². The molecule has 0 aliphatic carbocycles. The SMILES string of the molecule is CNC(=O)c1cccc(-c2ccn3nc(-c4ccc(C(F)(F)F)cc4)cc3c2)c1. The van der Waals surface area contributed by atoms with E-state index in [0.717, 1.165) is 28.8 Å². The Kier molecular flexibility index (Phi) is 4.58. The van der Waals surface area contributed by atoms with Crippen LogP contribution in [0.25, 0.3) is 27.9 Å². The molecule has 4 nitrogen and oxygen atoms in total. The van der Waals surface area contributed by atoms with E-state index in [-0.39, 0.29) is 5.91 Å². The zero-order valence-electron chi connectivity index (χ0n) is 15.4. The van der Waals surface area contributed by atoms with E-state index in [9.17, 15) is 18.0 Å². The molecule has 0 radical (unpaired) electrons. The third kappa shape index (κ3) is 3.71. The molecule has 0 unspecified atom stereocenters. The van der Waals surface area contributed by atoms with Crippen LogP contribution in [0.15, 0.2) is 72.9 Å². The summed E-state index contributed by atoms with van der Waals surface area (Å²) in [5.41, 5.74) is 3.63.